The van der Waals surface area contributed by atoms with Crippen LogP contribution in [0.3, 0.4) is 0 Å². The molecule has 0 N–H and O–H groups in total. The van der Waals surface area contributed by atoms with Crippen molar-refractivity contribution in [2.75, 3.05) is 31.6 Å². The van der Waals surface area contributed by atoms with Crippen molar-refractivity contribution in [1.29, 1.82) is 5.26 Å². The van der Waals surface area contributed by atoms with Gasteiger partial charge in [0.1, 0.15) is 18.4 Å². The summed E-state index contributed by atoms with van der Waals surface area (Å²) in [6, 6.07) is 9.12. The van der Waals surface area contributed by atoms with Gasteiger partial charge < -0.3 is 9.64 Å². The Bertz CT molecular complexity index is 1250. The number of rotatable bonds is 5. The number of nitrogens with zero attached hydrogens (tertiary/aromatic N) is 5. The first-order valence-electron chi connectivity index (χ1n) is 10.3. The molecule has 9 nitrogen and oxygen atoms in total. The average Bonchev–Trinajstić information content (AvgIpc) is 3.01. The van der Waals surface area contributed by atoms with Crippen LogP contribution in [0.4, 0.5) is 17.1 Å². The first-order valence-corrected chi connectivity index (χ1v) is 11.1. The molecule has 0 atom stereocenters. The summed E-state index contributed by atoms with van der Waals surface area (Å²) in [5.74, 6) is -1.20. The van der Waals surface area contributed by atoms with Crippen molar-refractivity contribution in [2.45, 2.75) is 19.8 Å². The second kappa shape index (κ2) is 9.11. The molecular weight excluding hydrogens is 490 g/mol. The number of ether oxygens (including phenoxy) is 1. The predicted octanol–water partition coefficient (Wildman–Crippen LogP) is 4.28. The maximum atomic E-state index is 12.4. The average molecular weight is 510 g/mol. The monoisotopic (exact) mass is 509 g/mol. The number of esters is 1. The molecule has 33 heavy (non-hydrogen) atoms. The molecule has 2 amide bonds. The highest BCUT2D eigenvalue weighted by Gasteiger charge is 2.37. The number of hydrogen-bond acceptors (Lipinski definition) is 8. The highest BCUT2D eigenvalue weighted by Crippen LogP contribution is 2.40. The Labute approximate surface area is 198 Å². The van der Waals surface area contributed by atoms with E-state index in [2.05, 4.69) is 31.1 Å². The number of halogens is 1. The Balaban J connectivity index is 1.62. The molecule has 2 heterocycles. The zero-order chi connectivity index (χ0) is 23.7. The Hall–Kier alpha value is -3.58. The lowest BCUT2D eigenvalue weighted by molar-refractivity contribution is -0.140. The molecule has 2 aliphatic heterocycles. The minimum Gasteiger partial charge on any atom is -0.464 e. The number of benzene rings is 2. The molecule has 0 radical (unpaired) electrons. The molecule has 2 aliphatic rings. The summed E-state index contributed by atoms with van der Waals surface area (Å²) < 4.78 is 5.34. The molecule has 2 aromatic carbocycles. The van der Waals surface area contributed by atoms with Gasteiger partial charge in [0.15, 0.2) is 0 Å². The highest BCUT2D eigenvalue weighted by atomic mass is 79.9. The minimum absolute atomic E-state index is 0.149. The summed E-state index contributed by atoms with van der Waals surface area (Å²) in [5, 5.41) is 18.1. The third kappa shape index (κ3) is 4.24. The van der Waals surface area contributed by atoms with E-state index in [1.54, 1.807) is 0 Å². The van der Waals surface area contributed by atoms with E-state index >= 15 is 0 Å². The number of carbonyl (C=O) groups excluding carboxylic acids is 3. The number of carbonyl (C=O) groups is 3. The van der Waals surface area contributed by atoms with Gasteiger partial charge in [0.05, 0.1) is 33.4 Å². The van der Waals surface area contributed by atoms with Crippen LogP contribution >= 0.6 is 15.9 Å². The first-order chi connectivity index (χ1) is 15.8. The van der Waals surface area contributed by atoms with Gasteiger partial charge in [-0.2, -0.15) is 10.4 Å². The van der Waals surface area contributed by atoms with Crippen molar-refractivity contribution in [3.8, 4) is 6.07 Å². The normalized spacial score (nSPS) is 15.0. The van der Waals surface area contributed by atoms with Gasteiger partial charge >= 0.3 is 5.97 Å². The fraction of sp³-hybridized carbons (Fsp3) is 0.304. The second-order valence-corrected chi connectivity index (χ2v) is 8.53. The van der Waals surface area contributed by atoms with E-state index in [9.17, 15) is 19.6 Å². The van der Waals surface area contributed by atoms with Crippen LogP contribution in [0.5, 0.6) is 0 Å². The maximum Gasteiger partial charge on any atom is 0.302 e. The van der Waals surface area contributed by atoms with Crippen molar-refractivity contribution in [3.05, 3.63) is 51.0 Å². The van der Waals surface area contributed by atoms with Crippen LogP contribution in [0.1, 0.15) is 45.2 Å². The summed E-state index contributed by atoms with van der Waals surface area (Å²) in [7, 11) is 1.40. The van der Waals surface area contributed by atoms with E-state index < -0.39 is 11.8 Å². The van der Waals surface area contributed by atoms with Gasteiger partial charge in [-0.05, 0) is 58.6 Å². The Morgan fingerprint density at radius 3 is 2.76 bits per heavy atom. The van der Waals surface area contributed by atoms with Crippen LogP contribution in [0.15, 0.2) is 39.0 Å². The largest absolute Gasteiger partial charge is 0.464 e. The van der Waals surface area contributed by atoms with E-state index in [1.807, 2.05) is 24.3 Å². The molecule has 168 valence electrons. The molecule has 0 aliphatic carbocycles. The van der Waals surface area contributed by atoms with Gasteiger partial charge in [0.2, 0.25) is 0 Å². The number of hydrogen-bond donors (Lipinski definition) is 0. The number of aryl methyl sites for hydroxylation is 1. The standard InChI is InChI=1S/C23H20BrN5O4/c1-13(30)33-9-8-29-7-3-4-14-10-16(5-6-18(14)29)26-27-21-15(12-25)11-17-19(20(21)24)23(32)28(2)22(17)31/h5-6,10-11H,3-4,7-9H2,1-2H3/b27-26+. The molecule has 10 heteroatoms. The Kier molecular flexibility index (Phi) is 6.24. The van der Waals surface area contributed by atoms with Crippen molar-refractivity contribution in [2.24, 2.45) is 10.2 Å². The molecule has 0 spiro atoms. The quantitative estimate of drug-likeness (QED) is 0.337. The van der Waals surface area contributed by atoms with E-state index in [0.717, 1.165) is 35.5 Å². The topological polar surface area (TPSA) is 115 Å². The zero-order valence-electron chi connectivity index (χ0n) is 18.1. The maximum absolute atomic E-state index is 12.4. The van der Waals surface area contributed by atoms with Crippen LogP contribution in [0.25, 0.3) is 0 Å². The van der Waals surface area contributed by atoms with Gasteiger partial charge in [-0.15, -0.1) is 5.11 Å². The smallest absolute Gasteiger partial charge is 0.302 e. The van der Waals surface area contributed by atoms with E-state index in [4.69, 9.17) is 4.74 Å². The first kappa shape index (κ1) is 22.6. The SMILES string of the molecule is CC(=O)OCCN1CCCc2cc(/N=N/c3c(C#N)cc4c(c3Br)C(=O)N(C)C4=O)ccc21. The van der Waals surface area contributed by atoms with Gasteiger partial charge in [-0.3, -0.25) is 19.3 Å². The van der Waals surface area contributed by atoms with Gasteiger partial charge in [-0.25, -0.2) is 0 Å². The molecule has 0 fully saturated rings. The zero-order valence-corrected chi connectivity index (χ0v) is 19.7. The van der Waals surface area contributed by atoms with Gasteiger partial charge in [0.25, 0.3) is 11.8 Å². The predicted molar refractivity (Wildman–Crippen MR) is 123 cm³/mol. The third-order valence-corrected chi connectivity index (χ3v) is 6.40. The van der Waals surface area contributed by atoms with Crippen molar-refractivity contribution in [3.63, 3.8) is 0 Å². The number of amides is 2. The molecule has 0 aromatic heterocycles. The molecule has 0 bridgehead atoms. The molecule has 0 saturated heterocycles. The van der Waals surface area contributed by atoms with Crippen molar-refractivity contribution >= 4 is 50.8 Å². The summed E-state index contributed by atoms with van der Waals surface area (Å²) in [4.78, 5) is 38.9. The second-order valence-electron chi connectivity index (χ2n) is 7.73. The van der Waals surface area contributed by atoms with Crippen LogP contribution in [-0.4, -0.2) is 49.4 Å². The number of fused-ring (bicyclic) bond motifs is 2. The lowest BCUT2D eigenvalue weighted by atomic mass is 10.0. The van der Waals surface area contributed by atoms with Crippen molar-refractivity contribution in [1.82, 2.24) is 4.90 Å². The van der Waals surface area contributed by atoms with E-state index in [1.165, 1.54) is 20.0 Å². The number of imide groups is 1. The lowest BCUT2D eigenvalue weighted by Gasteiger charge is -2.31. The molecule has 0 unspecified atom stereocenters. The Morgan fingerprint density at radius 1 is 1.24 bits per heavy atom. The van der Waals surface area contributed by atoms with Crippen LogP contribution in [0, 0.1) is 11.3 Å². The number of nitriles is 1. The third-order valence-electron chi connectivity index (χ3n) is 5.62. The van der Waals surface area contributed by atoms with E-state index in [0.29, 0.717) is 18.8 Å². The van der Waals surface area contributed by atoms with Crippen LogP contribution in [-0.2, 0) is 16.0 Å². The van der Waals surface area contributed by atoms with E-state index in [-0.39, 0.29) is 32.8 Å². The van der Waals surface area contributed by atoms with Gasteiger partial charge in [-0.1, -0.05) is 0 Å². The van der Waals surface area contributed by atoms with Crippen LogP contribution < -0.4 is 4.90 Å². The summed E-state index contributed by atoms with van der Waals surface area (Å²) in [5.41, 5.74) is 3.49. The van der Waals surface area contributed by atoms with Crippen LogP contribution in [0.2, 0.25) is 0 Å². The highest BCUT2D eigenvalue weighted by molar-refractivity contribution is 9.10. The molecule has 4 rings (SSSR count). The summed E-state index contributed by atoms with van der Waals surface area (Å²) in [6.07, 6.45) is 1.85. The fourth-order valence-electron chi connectivity index (χ4n) is 4.00. The fourth-order valence-corrected chi connectivity index (χ4v) is 4.68. The van der Waals surface area contributed by atoms with Gasteiger partial charge in [0, 0.05) is 26.2 Å². The number of anilines is 1. The minimum atomic E-state index is -0.455. The van der Waals surface area contributed by atoms with Crippen molar-refractivity contribution < 1.29 is 19.1 Å². The number of azo groups is 1. The Morgan fingerprint density at radius 2 is 2.03 bits per heavy atom. The molecule has 0 saturated carbocycles. The lowest BCUT2D eigenvalue weighted by Crippen LogP contribution is -2.32. The summed E-state index contributed by atoms with van der Waals surface area (Å²) in [6.45, 7) is 3.21. The summed E-state index contributed by atoms with van der Waals surface area (Å²) >= 11 is 3.35. The molecular formula is C23H20BrN5O4. The molecule has 2 aromatic rings.